The Morgan fingerprint density at radius 3 is 2.15 bits per heavy atom. The number of methoxy groups -OCH3 is 1. The van der Waals surface area contributed by atoms with Gasteiger partial charge in [0.05, 0.1) is 18.1 Å². The van der Waals surface area contributed by atoms with E-state index in [2.05, 4.69) is 4.74 Å². The molecule has 8 heteroatoms. The Morgan fingerprint density at radius 2 is 1.58 bits per heavy atom. The standard InChI is InChI=1S/C25H22F2N2O4/c1-28(14-16-11-12-21(33-25(26)27)22(13-16)32-2)23(30)15-29-19-9-5-3-7-17(19)24(31)18-8-4-6-10-20(18)29/h3-13,25H,14-15H2,1-2H3. The molecule has 33 heavy (non-hydrogen) atoms. The molecule has 4 rings (SSSR count). The normalized spacial score (nSPS) is 11.2. The number of benzene rings is 3. The Bertz CT molecular complexity index is 1320. The summed E-state index contributed by atoms with van der Waals surface area (Å²) in [6.45, 7) is -2.70. The van der Waals surface area contributed by atoms with Gasteiger partial charge in [-0.1, -0.05) is 30.3 Å². The maximum Gasteiger partial charge on any atom is 0.387 e. The molecule has 1 heterocycles. The zero-order valence-electron chi connectivity index (χ0n) is 18.1. The Kier molecular flexibility index (Phi) is 6.26. The molecule has 0 fully saturated rings. The van der Waals surface area contributed by atoms with Gasteiger partial charge in [0, 0.05) is 24.4 Å². The fourth-order valence-corrected chi connectivity index (χ4v) is 3.87. The van der Waals surface area contributed by atoms with E-state index < -0.39 is 6.61 Å². The van der Waals surface area contributed by atoms with Crippen LogP contribution < -0.4 is 14.9 Å². The maximum atomic E-state index is 13.1. The number of hydrogen-bond acceptors (Lipinski definition) is 4. The zero-order valence-corrected chi connectivity index (χ0v) is 18.1. The number of carbonyl (C=O) groups excluding carboxylic acids is 1. The summed E-state index contributed by atoms with van der Waals surface area (Å²) in [5.74, 6) is -0.0942. The van der Waals surface area contributed by atoms with Gasteiger partial charge in [0.25, 0.3) is 0 Å². The molecule has 0 atom stereocenters. The third-order valence-electron chi connectivity index (χ3n) is 5.46. The van der Waals surface area contributed by atoms with Gasteiger partial charge in [0.2, 0.25) is 5.91 Å². The third-order valence-corrected chi connectivity index (χ3v) is 5.46. The van der Waals surface area contributed by atoms with E-state index >= 15 is 0 Å². The van der Waals surface area contributed by atoms with Gasteiger partial charge in [-0.05, 0) is 42.0 Å². The second kappa shape index (κ2) is 9.28. The van der Waals surface area contributed by atoms with Crippen LogP contribution in [0, 0.1) is 0 Å². The number of ether oxygens (including phenoxy) is 2. The molecular formula is C25H22F2N2O4. The number of amides is 1. The van der Waals surface area contributed by atoms with E-state index in [9.17, 15) is 18.4 Å². The summed E-state index contributed by atoms with van der Waals surface area (Å²) in [5.41, 5.74) is 1.98. The number of likely N-dealkylation sites (N-methyl/N-ethyl adjacent to an activating group) is 1. The monoisotopic (exact) mass is 452 g/mol. The van der Waals surface area contributed by atoms with Crippen molar-refractivity contribution in [1.82, 2.24) is 9.47 Å². The molecule has 0 aliphatic rings. The van der Waals surface area contributed by atoms with Gasteiger partial charge in [0.15, 0.2) is 16.9 Å². The van der Waals surface area contributed by atoms with Crippen molar-refractivity contribution in [2.24, 2.45) is 0 Å². The zero-order chi connectivity index (χ0) is 23.5. The Morgan fingerprint density at radius 1 is 0.970 bits per heavy atom. The predicted octanol–water partition coefficient (Wildman–Crippen LogP) is 4.42. The summed E-state index contributed by atoms with van der Waals surface area (Å²) in [6.07, 6.45) is 0. The molecule has 0 radical (unpaired) electrons. The highest BCUT2D eigenvalue weighted by Gasteiger charge is 2.17. The van der Waals surface area contributed by atoms with Crippen LogP contribution in [-0.4, -0.2) is 36.1 Å². The van der Waals surface area contributed by atoms with Crippen LogP contribution >= 0.6 is 0 Å². The van der Waals surface area contributed by atoms with Gasteiger partial charge in [-0.15, -0.1) is 0 Å². The van der Waals surface area contributed by atoms with Crippen molar-refractivity contribution in [3.63, 3.8) is 0 Å². The molecule has 6 nitrogen and oxygen atoms in total. The van der Waals surface area contributed by atoms with Crippen LogP contribution in [0.3, 0.4) is 0 Å². The van der Waals surface area contributed by atoms with Gasteiger partial charge >= 0.3 is 6.61 Å². The fourth-order valence-electron chi connectivity index (χ4n) is 3.87. The first-order chi connectivity index (χ1) is 15.9. The van der Waals surface area contributed by atoms with Crippen LogP contribution in [0.25, 0.3) is 21.8 Å². The van der Waals surface area contributed by atoms with E-state index in [1.54, 1.807) is 43.4 Å². The largest absolute Gasteiger partial charge is 0.493 e. The molecule has 0 aliphatic heterocycles. The molecule has 3 aromatic carbocycles. The third kappa shape index (κ3) is 4.50. The van der Waals surface area contributed by atoms with Gasteiger partial charge in [-0.2, -0.15) is 8.78 Å². The van der Waals surface area contributed by atoms with Crippen molar-refractivity contribution in [2.45, 2.75) is 19.7 Å². The second-order valence-electron chi connectivity index (χ2n) is 7.56. The van der Waals surface area contributed by atoms with Crippen LogP contribution in [0.5, 0.6) is 11.5 Å². The van der Waals surface area contributed by atoms with Crippen molar-refractivity contribution in [2.75, 3.05) is 14.2 Å². The molecule has 170 valence electrons. The molecule has 0 saturated carbocycles. The minimum absolute atomic E-state index is 0.0293. The first kappa shape index (κ1) is 22.3. The van der Waals surface area contributed by atoms with E-state index in [0.717, 1.165) is 0 Å². The number of rotatable bonds is 7. The summed E-state index contributed by atoms with van der Waals surface area (Å²) >= 11 is 0. The summed E-state index contributed by atoms with van der Waals surface area (Å²) in [6, 6.07) is 19.0. The lowest BCUT2D eigenvalue weighted by atomic mass is 10.1. The van der Waals surface area contributed by atoms with E-state index in [4.69, 9.17) is 4.74 Å². The molecule has 0 unspecified atom stereocenters. The summed E-state index contributed by atoms with van der Waals surface area (Å²) in [7, 11) is 3.02. The first-order valence-electron chi connectivity index (χ1n) is 10.2. The SMILES string of the molecule is COc1cc(CN(C)C(=O)Cn2c3ccccc3c(=O)c3ccccc32)ccc1OC(F)F. The number of fused-ring (bicyclic) bond motifs is 2. The summed E-state index contributed by atoms with van der Waals surface area (Å²) in [5, 5.41) is 1.09. The number of carbonyl (C=O) groups is 1. The Balaban J connectivity index is 1.62. The quantitative estimate of drug-likeness (QED) is 0.390. The lowest BCUT2D eigenvalue weighted by Crippen LogP contribution is -2.30. The highest BCUT2D eigenvalue weighted by molar-refractivity contribution is 5.94. The van der Waals surface area contributed by atoms with Crippen molar-refractivity contribution in [3.8, 4) is 11.5 Å². The van der Waals surface area contributed by atoms with Crippen molar-refractivity contribution in [1.29, 1.82) is 0 Å². The van der Waals surface area contributed by atoms with E-state index in [1.165, 1.54) is 18.1 Å². The topological polar surface area (TPSA) is 60.8 Å². The summed E-state index contributed by atoms with van der Waals surface area (Å²) in [4.78, 5) is 27.5. The minimum Gasteiger partial charge on any atom is -0.493 e. The number of pyridine rings is 1. The van der Waals surface area contributed by atoms with Gasteiger partial charge < -0.3 is 18.9 Å². The number of alkyl halides is 2. The molecule has 0 aliphatic carbocycles. The van der Waals surface area contributed by atoms with E-state index in [0.29, 0.717) is 27.4 Å². The molecule has 1 amide bonds. The average molecular weight is 452 g/mol. The van der Waals surface area contributed by atoms with Crippen molar-refractivity contribution in [3.05, 3.63) is 82.5 Å². The van der Waals surface area contributed by atoms with E-state index in [-0.39, 0.29) is 35.9 Å². The average Bonchev–Trinajstić information content (AvgIpc) is 2.82. The fraction of sp³-hybridized carbons (Fsp3) is 0.200. The highest BCUT2D eigenvalue weighted by Crippen LogP contribution is 2.30. The number of halogens is 2. The van der Waals surface area contributed by atoms with Crippen LogP contribution in [0.4, 0.5) is 8.78 Å². The molecule has 0 bridgehead atoms. The first-order valence-corrected chi connectivity index (χ1v) is 10.2. The van der Waals surface area contributed by atoms with Gasteiger partial charge in [-0.3, -0.25) is 9.59 Å². The summed E-state index contributed by atoms with van der Waals surface area (Å²) < 4.78 is 36.5. The van der Waals surface area contributed by atoms with Crippen LogP contribution in [0.15, 0.2) is 71.5 Å². The number of nitrogens with zero attached hydrogens (tertiary/aromatic N) is 2. The van der Waals surface area contributed by atoms with Crippen LogP contribution in [-0.2, 0) is 17.9 Å². The minimum atomic E-state index is -2.96. The number of hydrogen-bond donors (Lipinski definition) is 0. The lowest BCUT2D eigenvalue weighted by Gasteiger charge is -2.21. The van der Waals surface area contributed by atoms with Gasteiger partial charge in [0.1, 0.15) is 6.54 Å². The van der Waals surface area contributed by atoms with Crippen molar-refractivity contribution >= 4 is 27.7 Å². The molecular weight excluding hydrogens is 430 g/mol. The van der Waals surface area contributed by atoms with Crippen LogP contribution in [0.1, 0.15) is 5.56 Å². The second-order valence-corrected chi connectivity index (χ2v) is 7.56. The number of aromatic nitrogens is 1. The smallest absolute Gasteiger partial charge is 0.387 e. The molecule has 1 aromatic heterocycles. The lowest BCUT2D eigenvalue weighted by molar-refractivity contribution is -0.130. The predicted molar refractivity (Wildman–Crippen MR) is 122 cm³/mol. The molecule has 0 N–H and O–H groups in total. The van der Waals surface area contributed by atoms with Gasteiger partial charge in [-0.25, -0.2) is 0 Å². The van der Waals surface area contributed by atoms with Crippen LogP contribution in [0.2, 0.25) is 0 Å². The number of para-hydroxylation sites is 2. The molecule has 0 spiro atoms. The van der Waals surface area contributed by atoms with E-state index in [1.807, 2.05) is 28.8 Å². The highest BCUT2D eigenvalue weighted by atomic mass is 19.3. The maximum absolute atomic E-state index is 13.1. The Labute approximate surface area is 188 Å². The molecule has 4 aromatic rings. The Hall–Kier alpha value is -3.94. The van der Waals surface area contributed by atoms with Crippen molar-refractivity contribution < 1.29 is 23.0 Å². The molecule has 0 saturated heterocycles.